The summed E-state index contributed by atoms with van der Waals surface area (Å²) in [5.74, 6) is 1.81. The van der Waals surface area contributed by atoms with E-state index in [0.717, 1.165) is 37.2 Å². The average Bonchev–Trinajstić information content (AvgIpc) is 2.50. The molecule has 0 spiro atoms. The molecule has 21 heavy (non-hydrogen) atoms. The molecule has 112 valence electrons. The number of nitrogens with zero attached hydrogens (tertiary/aromatic N) is 1. The second-order valence-electron chi connectivity index (χ2n) is 4.90. The molecule has 0 aliphatic rings. The number of aryl methyl sites for hydroxylation is 1. The van der Waals surface area contributed by atoms with E-state index in [1.165, 1.54) is 0 Å². The standard InChI is InChI=1S/C17H22N2O2/c1-3-5-11-18-16-7-6-8-17(19-16)21-15-10-9-13(4-2)12-14(15)20/h6-10,12,20H,3-5,11H2,1-2H3,(H,18,19). The molecule has 4 heteroatoms. The highest BCUT2D eigenvalue weighted by Gasteiger charge is 2.06. The smallest absolute Gasteiger partial charge is 0.221 e. The van der Waals surface area contributed by atoms with Crippen molar-refractivity contribution in [3.63, 3.8) is 0 Å². The fraction of sp³-hybridized carbons (Fsp3) is 0.353. The number of phenolic OH excluding ortho intramolecular Hbond substituents is 1. The van der Waals surface area contributed by atoms with E-state index in [1.807, 2.05) is 25.1 Å². The van der Waals surface area contributed by atoms with Gasteiger partial charge in [0.1, 0.15) is 5.82 Å². The first-order valence-electron chi connectivity index (χ1n) is 7.43. The minimum absolute atomic E-state index is 0.139. The number of pyridine rings is 1. The van der Waals surface area contributed by atoms with Crippen LogP contribution in [-0.2, 0) is 6.42 Å². The SMILES string of the molecule is CCCCNc1cccc(Oc2ccc(CC)cc2O)n1. The largest absolute Gasteiger partial charge is 0.504 e. The van der Waals surface area contributed by atoms with Crippen LogP contribution in [0.25, 0.3) is 0 Å². The molecule has 0 amide bonds. The summed E-state index contributed by atoms with van der Waals surface area (Å²) in [7, 11) is 0. The van der Waals surface area contributed by atoms with Gasteiger partial charge in [-0.3, -0.25) is 0 Å². The fourth-order valence-corrected chi connectivity index (χ4v) is 1.95. The maximum absolute atomic E-state index is 9.96. The first kappa shape index (κ1) is 15.2. The van der Waals surface area contributed by atoms with Crippen molar-refractivity contribution in [3.8, 4) is 17.4 Å². The Labute approximate surface area is 125 Å². The van der Waals surface area contributed by atoms with Gasteiger partial charge in [-0.15, -0.1) is 0 Å². The Balaban J connectivity index is 2.07. The summed E-state index contributed by atoms with van der Waals surface area (Å²) in [5, 5.41) is 13.2. The lowest BCUT2D eigenvalue weighted by Gasteiger charge is -2.10. The second kappa shape index (κ2) is 7.53. The Kier molecular flexibility index (Phi) is 5.43. The van der Waals surface area contributed by atoms with Gasteiger partial charge in [-0.2, -0.15) is 4.98 Å². The number of rotatable bonds is 7. The minimum atomic E-state index is 0.139. The monoisotopic (exact) mass is 286 g/mol. The molecule has 0 saturated heterocycles. The van der Waals surface area contributed by atoms with E-state index < -0.39 is 0 Å². The van der Waals surface area contributed by atoms with E-state index in [0.29, 0.717) is 11.6 Å². The van der Waals surface area contributed by atoms with E-state index >= 15 is 0 Å². The predicted octanol–water partition coefficient (Wildman–Crippen LogP) is 4.35. The van der Waals surface area contributed by atoms with Crippen LogP contribution in [-0.4, -0.2) is 16.6 Å². The average molecular weight is 286 g/mol. The van der Waals surface area contributed by atoms with E-state index in [-0.39, 0.29) is 5.75 Å². The zero-order valence-corrected chi connectivity index (χ0v) is 12.6. The molecule has 0 fully saturated rings. The second-order valence-corrected chi connectivity index (χ2v) is 4.90. The van der Waals surface area contributed by atoms with Crippen molar-refractivity contribution in [1.82, 2.24) is 4.98 Å². The number of aromatic nitrogens is 1. The highest BCUT2D eigenvalue weighted by Crippen LogP contribution is 2.31. The lowest BCUT2D eigenvalue weighted by molar-refractivity contribution is 0.402. The number of aromatic hydroxyl groups is 1. The third kappa shape index (κ3) is 4.38. The Morgan fingerprint density at radius 3 is 2.76 bits per heavy atom. The Morgan fingerprint density at radius 2 is 2.05 bits per heavy atom. The van der Waals surface area contributed by atoms with E-state index in [9.17, 15) is 5.11 Å². The molecular formula is C17H22N2O2. The van der Waals surface area contributed by atoms with E-state index in [2.05, 4.69) is 17.2 Å². The van der Waals surface area contributed by atoms with Crippen LogP contribution in [0.1, 0.15) is 32.3 Å². The molecule has 0 bridgehead atoms. The molecule has 1 aromatic carbocycles. The molecule has 0 radical (unpaired) electrons. The van der Waals surface area contributed by atoms with Gasteiger partial charge in [0.2, 0.25) is 5.88 Å². The zero-order chi connectivity index (χ0) is 15.1. The van der Waals surface area contributed by atoms with Gasteiger partial charge in [-0.25, -0.2) is 0 Å². The third-order valence-electron chi connectivity index (χ3n) is 3.21. The first-order chi connectivity index (χ1) is 10.2. The normalized spacial score (nSPS) is 10.4. The molecule has 0 aliphatic carbocycles. The zero-order valence-electron chi connectivity index (χ0n) is 12.6. The van der Waals surface area contributed by atoms with Crippen molar-refractivity contribution >= 4 is 5.82 Å². The summed E-state index contributed by atoms with van der Waals surface area (Å²) in [5.41, 5.74) is 1.07. The maximum Gasteiger partial charge on any atom is 0.221 e. The van der Waals surface area contributed by atoms with E-state index in [4.69, 9.17) is 4.74 Å². The van der Waals surface area contributed by atoms with Crippen LogP contribution in [0, 0.1) is 0 Å². The van der Waals surface area contributed by atoms with Crippen LogP contribution < -0.4 is 10.1 Å². The van der Waals surface area contributed by atoms with Gasteiger partial charge in [0.25, 0.3) is 0 Å². The minimum Gasteiger partial charge on any atom is -0.504 e. The number of anilines is 1. The number of ether oxygens (including phenoxy) is 1. The van der Waals surface area contributed by atoms with Crippen molar-refractivity contribution < 1.29 is 9.84 Å². The number of phenols is 1. The Morgan fingerprint density at radius 1 is 1.19 bits per heavy atom. The summed E-state index contributed by atoms with van der Waals surface area (Å²) >= 11 is 0. The van der Waals surface area contributed by atoms with Gasteiger partial charge in [0, 0.05) is 12.6 Å². The molecule has 0 atom stereocenters. The number of hydrogen-bond donors (Lipinski definition) is 2. The van der Waals surface area contributed by atoms with Crippen LogP contribution in [0.15, 0.2) is 36.4 Å². The third-order valence-corrected chi connectivity index (χ3v) is 3.21. The summed E-state index contributed by atoms with van der Waals surface area (Å²) in [6.07, 6.45) is 3.12. The highest BCUT2D eigenvalue weighted by atomic mass is 16.5. The van der Waals surface area contributed by atoms with Crippen LogP contribution >= 0.6 is 0 Å². The molecule has 2 rings (SSSR count). The number of hydrogen-bond acceptors (Lipinski definition) is 4. The molecule has 0 aliphatic heterocycles. The quantitative estimate of drug-likeness (QED) is 0.743. The Bertz CT molecular complexity index is 585. The van der Waals surface area contributed by atoms with Crippen LogP contribution in [0.4, 0.5) is 5.82 Å². The van der Waals surface area contributed by atoms with Crippen molar-refractivity contribution in [2.75, 3.05) is 11.9 Å². The molecule has 0 saturated carbocycles. The van der Waals surface area contributed by atoms with Crippen LogP contribution in [0.5, 0.6) is 17.4 Å². The maximum atomic E-state index is 9.96. The molecule has 4 nitrogen and oxygen atoms in total. The predicted molar refractivity (Wildman–Crippen MR) is 85.2 cm³/mol. The highest BCUT2D eigenvalue weighted by molar-refractivity contribution is 5.44. The molecule has 0 unspecified atom stereocenters. The summed E-state index contributed by atoms with van der Waals surface area (Å²) in [4.78, 5) is 4.38. The molecular weight excluding hydrogens is 264 g/mol. The van der Waals surface area contributed by atoms with Gasteiger partial charge in [-0.1, -0.05) is 32.4 Å². The fourth-order valence-electron chi connectivity index (χ4n) is 1.95. The lowest BCUT2D eigenvalue weighted by Crippen LogP contribution is -2.03. The first-order valence-corrected chi connectivity index (χ1v) is 7.43. The summed E-state index contributed by atoms with van der Waals surface area (Å²) in [6.45, 7) is 5.09. The van der Waals surface area contributed by atoms with Crippen LogP contribution in [0.2, 0.25) is 0 Å². The van der Waals surface area contributed by atoms with Gasteiger partial charge in [0.05, 0.1) is 0 Å². The number of benzene rings is 1. The van der Waals surface area contributed by atoms with Gasteiger partial charge < -0.3 is 15.2 Å². The van der Waals surface area contributed by atoms with Crippen molar-refractivity contribution in [2.45, 2.75) is 33.1 Å². The van der Waals surface area contributed by atoms with Crippen LogP contribution in [0.3, 0.4) is 0 Å². The number of nitrogens with one attached hydrogen (secondary N) is 1. The number of unbranched alkanes of at least 4 members (excludes halogenated alkanes) is 1. The summed E-state index contributed by atoms with van der Waals surface area (Å²) < 4.78 is 5.65. The van der Waals surface area contributed by atoms with E-state index in [1.54, 1.807) is 18.2 Å². The molecule has 1 heterocycles. The van der Waals surface area contributed by atoms with Gasteiger partial charge in [0.15, 0.2) is 11.5 Å². The van der Waals surface area contributed by atoms with Crippen molar-refractivity contribution in [1.29, 1.82) is 0 Å². The summed E-state index contributed by atoms with van der Waals surface area (Å²) in [6, 6.07) is 11.0. The van der Waals surface area contributed by atoms with Gasteiger partial charge >= 0.3 is 0 Å². The van der Waals surface area contributed by atoms with Crippen molar-refractivity contribution in [3.05, 3.63) is 42.0 Å². The van der Waals surface area contributed by atoms with Crippen molar-refractivity contribution in [2.24, 2.45) is 0 Å². The Hall–Kier alpha value is -2.23. The van der Waals surface area contributed by atoms with Gasteiger partial charge in [-0.05, 0) is 36.6 Å². The molecule has 2 N–H and O–H groups in total. The topological polar surface area (TPSA) is 54.4 Å². The lowest BCUT2D eigenvalue weighted by atomic mass is 10.1. The molecule has 1 aromatic heterocycles. The molecule has 2 aromatic rings.